The minimum Gasteiger partial charge on any atom is -0.345 e. The maximum Gasteiger partial charge on any atom is 0.311 e. The molecule has 1 N–H and O–H groups in total. The molecule has 0 bridgehead atoms. The molecular formula is C15H21N3O2. The van der Waals surface area contributed by atoms with E-state index in [0.717, 1.165) is 37.7 Å². The lowest BCUT2D eigenvalue weighted by atomic mass is 10.2. The van der Waals surface area contributed by atoms with Gasteiger partial charge in [0.1, 0.15) is 0 Å². The van der Waals surface area contributed by atoms with Crippen molar-refractivity contribution < 1.29 is 9.59 Å². The zero-order valence-electron chi connectivity index (χ0n) is 11.8. The summed E-state index contributed by atoms with van der Waals surface area (Å²) in [7, 11) is 1.66. The molecule has 0 radical (unpaired) electrons. The van der Waals surface area contributed by atoms with E-state index in [1.165, 1.54) is 4.90 Å². The van der Waals surface area contributed by atoms with Crippen LogP contribution in [0, 0.1) is 0 Å². The summed E-state index contributed by atoms with van der Waals surface area (Å²) in [5, 5.41) is 2.82. The number of nitrogens with one attached hydrogen (secondary N) is 1. The van der Waals surface area contributed by atoms with Crippen LogP contribution < -0.4 is 5.32 Å². The Morgan fingerprint density at radius 2 is 1.95 bits per heavy atom. The van der Waals surface area contributed by atoms with Gasteiger partial charge >= 0.3 is 11.8 Å². The first kappa shape index (κ1) is 14.5. The molecule has 20 heavy (non-hydrogen) atoms. The van der Waals surface area contributed by atoms with Crippen molar-refractivity contribution in [1.82, 2.24) is 15.2 Å². The Labute approximate surface area is 119 Å². The van der Waals surface area contributed by atoms with Crippen molar-refractivity contribution in [3.05, 3.63) is 30.1 Å². The van der Waals surface area contributed by atoms with Crippen molar-refractivity contribution >= 4 is 11.8 Å². The molecule has 0 unspecified atom stereocenters. The fourth-order valence-corrected chi connectivity index (χ4v) is 2.44. The Bertz CT molecular complexity index is 455. The molecular weight excluding hydrogens is 254 g/mol. The largest absolute Gasteiger partial charge is 0.345 e. The van der Waals surface area contributed by atoms with E-state index in [4.69, 9.17) is 0 Å². The topological polar surface area (TPSA) is 62.3 Å². The Balaban J connectivity index is 1.77. The van der Waals surface area contributed by atoms with Crippen LogP contribution in [0.2, 0.25) is 0 Å². The molecule has 1 aromatic heterocycles. The number of nitrogens with zero attached hydrogens (tertiary/aromatic N) is 2. The highest BCUT2D eigenvalue weighted by atomic mass is 16.2. The predicted molar refractivity (Wildman–Crippen MR) is 76.0 cm³/mol. The molecule has 1 aliphatic rings. The first-order chi connectivity index (χ1) is 9.66. The second kappa shape index (κ2) is 7.03. The van der Waals surface area contributed by atoms with Gasteiger partial charge in [0.15, 0.2) is 0 Å². The van der Waals surface area contributed by atoms with Gasteiger partial charge in [-0.25, -0.2) is 0 Å². The highest BCUT2D eigenvalue weighted by molar-refractivity contribution is 6.35. The molecule has 0 spiro atoms. The van der Waals surface area contributed by atoms with Gasteiger partial charge in [0, 0.05) is 32.0 Å². The number of carbonyl (C=O) groups is 2. The second-order valence-electron chi connectivity index (χ2n) is 5.29. The Hall–Kier alpha value is -1.91. The van der Waals surface area contributed by atoms with Crippen LogP contribution in [0.15, 0.2) is 24.5 Å². The molecule has 1 saturated carbocycles. The minimum atomic E-state index is -0.478. The fraction of sp³-hybridized carbons (Fsp3) is 0.533. The smallest absolute Gasteiger partial charge is 0.311 e. The summed E-state index contributed by atoms with van der Waals surface area (Å²) in [4.78, 5) is 29.2. The van der Waals surface area contributed by atoms with E-state index in [1.54, 1.807) is 19.4 Å². The number of aromatic nitrogens is 1. The summed E-state index contributed by atoms with van der Waals surface area (Å²) >= 11 is 0. The van der Waals surface area contributed by atoms with Gasteiger partial charge in [-0.05, 0) is 37.0 Å². The van der Waals surface area contributed by atoms with Gasteiger partial charge in [0.05, 0.1) is 0 Å². The molecule has 0 aromatic carbocycles. The van der Waals surface area contributed by atoms with Gasteiger partial charge < -0.3 is 10.2 Å². The molecule has 2 rings (SSSR count). The van der Waals surface area contributed by atoms with Crippen LogP contribution in [0.3, 0.4) is 0 Å². The van der Waals surface area contributed by atoms with Crippen molar-refractivity contribution in [2.24, 2.45) is 0 Å². The second-order valence-corrected chi connectivity index (χ2v) is 5.29. The summed E-state index contributed by atoms with van der Waals surface area (Å²) in [5.74, 6) is -0.930. The normalized spacial score (nSPS) is 15.1. The third-order valence-corrected chi connectivity index (χ3v) is 3.72. The summed E-state index contributed by atoms with van der Waals surface area (Å²) in [6, 6.07) is 4.01. The van der Waals surface area contributed by atoms with E-state index >= 15 is 0 Å². The lowest BCUT2D eigenvalue weighted by Crippen LogP contribution is -2.45. The van der Waals surface area contributed by atoms with Crippen molar-refractivity contribution in [2.45, 2.75) is 38.1 Å². The van der Waals surface area contributed by atoms with Gasteiger partial charge in [0.2, 0.25) is 0 Å². The van der Waals surface area contributed by atoms with Gasteiger partial charge in [-0.3, -0.25) is 14.6 Å². The standard InChI is InChI=1S/C15H21N3O2/c1-18(11-8-12-6-9-16-10-7-12)15(20)14(19)17-13-4-2-3-5-13/h6-7,9-10,13H,2-5,8,11H2,1H3,(H,17,19). The molecule has 5 nitrogen and oxygen atoms in total. The van der Waals surface area contributed by atoms with Crippen molar-refractivity contribution in [3.8, 4) is 0 Å². The van der Waals surface area contributed by atoms with Crippen molar-refractivity contribution in [3.63, 3.8) is 0 Å². The maximum absolute atomic E-state index is 12.0. The quantitative estimate of drug-likeness (QED) is 0.838. The third-order valence-electron chi connectivity index (χ3n) is 3.72. The van der Waals surface area contributed by atoms with E-state index in [1.807, 2.05) is 12.1 Å². The number of hydrogen-bond donors (Lipinski definition) is 1. The zero-order chi connectivity index (χ0) is 14.4. The summed E-state index contributed by atoms with van der Waals surface area (Å²) in [6.45, 7) is 0.529. The molecule has 108 valence electrons. The maximum atomic E-state index is 12.0. The summed E-state index contributed by atoms with van der Waals surface area (Å²) in [6.07, 6.45) is 8.42. The Morgan fingerprint density at radius 3 is 2.60 bits per heavy atom. The monoisotopic (exact) mass is 275 g/mol. The highest BCUT2D eigenvalue weighted by Gasteiger charge is 2.23. The van der Waals surface area contributed by atoms with Crippen molar-refractivity contribution in [1.29, 1.82) is 0 Å². The number of pyridine rings is 1. The van der Waals surface area contributed by atoms with Crippen LogP contribution in [0.1, 0.15) is 31.2 Å². The van der Waals surface area contributed by atoms with Gasteiger partial charge in [-0.15, -0.1) is 0 Å². The molecule has 5 heteroatoms. The summed E-state index contributed by atoms with van der Waals surface area (Å²) < 4.78 is 0. The van der Waals surface area contributed by atoms with E-state index in [9.17, 15) is 9.59 Å². The fourth-order valence-electron chi connectivity index (χ4n) is 2.44. The SMILES string of the molecule is CN(CCc1ccncc1)C(=O)C(=O)NC1CCCC1. The van der Waals surface area contributed by atoms with Gasteiger partial charge in [-0.2, -0.15) is 0 Å². The molecule has 0 aliphatic heterocycles. The molecule has 1 fully saturated rings. The average Bonchev–Trinajstić information content (AvgIpc) is 2.98. The number of amides is 2. The molecule has 1 aliphatic carbocycles. The van der Waals surface area contributed by atoms with E-state index in [0.29, 0.717) is 6.54 Å². The summed E-state index contributed by atoms with van der Waals surface area (Å²) in [5.41, 5.74) is 1.11. The molecule has 1 aromatic rings. The highest BCUT2D eigenvalue weighted by Crippen LogP contribution is 2.17. The zero-order valence-corrected chi connectivity index (χ0v) is 11.8. The third kappa shape index (κ3) is 4.05. The van der Waals surface area contributed by atoms with Crippen LogP contribution >= 0.6 is 0 Å². The van der Waals surface area contributed by atoms with Crippen LogP contribution in [-0.2, 0) is 16.0 Å². The molecule has 0 saturated heterocycles. The number of carbonyl (C=O) groups excluding carboxylic acids is 2. The molecule has 0 atom stereocenters. The molecule has 1 heterocycles. The predicted octanol–water partition coefficient (Wildman–Crippen LogP) is 1.14. The van der Waals surface area contributed by atoms with Gasteiger partial charge in [0.25, 0.3) is 0 Å². The van der Waals surface area contributed by atoms with E-state index in [2.05, 4.69) is 10.3 Å². The van der Waals surface area contributed by atoms with Gasteiger partial charge in [-0.1, -0.05) is 12.8 Å². The van der Waals surface area contributed by atoms with Crippen LogP contribution in [-0.4, -0.2) is 41.3 Å². The van der Waals surface area contributed by atoms with Crippen molar-refractivity contribution in [2.75, 3.05) is 13.6 Å². The number of likely N-dealkylation sites (N-methyl/N-ethyl adjacent to an activating group) is 1. The van der Waals surface area contributed by atoms with Crippen LogP contribution in [0.4, 0.5) is 0 Å². The average molecular weight is 275 g/mol. The molecule has 2 amide bonds. The van der Waals surface area contributed by atoms with E-state index in [-0.39, 0.29) is 6.04 Å². The Morgan fingerprint density at radius 1 is 1.30 bits per heavy atom. The lowest BCUT2D eigenvalue weighted by molar-refractivity contribution is -0.145. The first-order valence-corrected chi connectivity index (χ1v) is 7.11. The number of hydrogen-bond acceptors (Lipinski definition) is 3. The number of rotatable bonds is 4. The van der Waals surface area contributed by atoms with E-state index < -0.39 is 11.8 Å². The van der Waals surface area contributed by atoms with Crippen LogP contribution in [0.5, 0.6) is 0 Å². The minimum absolute atomic E-state index is 0.181. The first-order valence-electron chi connectivity index (χ1n) is 7.11. The lowest BCUT2D eigenvalue weighted by Gasteiger charge is -2.18. The Kier molecular flexibility index (Phi) is 5.09. The van der Waals surface area contributed by atoms with Crippen LogP contribution in [0.25, 0.3) is 0 Å².